The number of hydrogen-bond acceptors (Lipinski definition) is 6. The first kappa shape index (κ1) is 14.9. The molecule has 0 spiro atoms. The van der Waals surface area contributed by atoms with Gasteiger partial charge < -0.3 is 9.26 Å². The minimum Gasteiger partial charge on any atom is -0.373 e. The smallest absolute Gasteiger partial charge is 0.241 e. The van der Waals surface area contributed by atoms with Gasteiger partial charge in [0.2, 0.25) is 11.7 Å². The van der Waals surface area contributed by atoms with E-state index in [1.165, 1.54) is 0 Å². The Hall–Kier alpha value is -2.05. The topological polar surface area (TPSA) is 68.5 Å². The Bertz CT molecular complexity index is 628. The summed E-state index contributed by atoms with van der Waals surface area (Å²) in [5, 5.41) is 4.01. The maximum Gasteiger partial charge on any atom is 0.241 e. The monoisotopic (exact) mass is 301 g/mol. The highest BCUT2D eigenvalue weighted by Gasteiger charge is 2.23. The van der Waals surface area contributed by atoms with Gasteiger partial charge in [-0.3, -0.25) is 9.69 Å². The third-order valence-electron chi connectivity index (χ3n) is 3.63. The lowest BCUT2D eigenvalue weighted by Gasteiger charge is -2.34. The van der Waals surface area contributed by atoms with E-state index in [0.29, 0.717) is 23.8 Å². The first-order valence-corrected chi connectivity index (χ1v) is 7.40. The molecule has 0 radical (unpaired) electrons. The van der Waals surface area contributed by atoms with Crippen LogP contribution in [0.4, 0.5) is 0 Å². The van der Waals surface area contributed by atoms with Gasteiger partial charge >= 0.3 is 0 Å². The van der Waals surface area contributed by atoms with Gasteiger partial charge in [0.1, 0.15) is 6.29 Å². The average Bonchev–Trinajstić information content (AvgIpc) is 2.95. The number of carbonyl (C=O) groups excluding carboxylic acids is 1. The SMILES string of the molecule is C[C@H]1CN(Cc2nc(-c3ccc(C=O)cc3)no2)C[C@H](C)O1. The molecule has 1 aliphatic heterocycles. The highest BCUT2D eigenvalue weighted by Crippen LogP contribution is 2.18. The van der Waals surface area contributed by atoms with Crippen LogP contribution in [-0.2, 0) is 11.3 Å². The Morgan fingerprint density at radius 3 is 2.55 bits per heavy atom. The van der Waals surface area contributed by atoms with Gasteiger partial charge in [-0.25, -0.2) is 0 Å². The second kappa shape index (κ2) is 6.37. The number of rotatable bonds is 4. The lowest BCUT2D eigenvalue weighted by molar-refractivity contribution is -0.0725. The molecule has 0 amide bonds. The van der Waals surface area contributed by atoms with Crippen LogP contribution in [-0.4, -0.2) is 46.6 Å². The summed E-state index contributed by atoms with van der Waals surface area (Å²) >= 11 is 0. The molecule has 1 aliphatic rings. The van der Waals surface area contributed by atoms with Crippen molar-refractivity contribution in [1.82, 2.24) is 15.0 Å². The molecule has 6 nitrogen and oxygen atoms in total. The van der Waals surface area contributed by atoms with Crippen LogP contribution in [0.3, 0.4) is 0 Å². The van der Waals surface area contributed by atoms with Crippen LogP contribution in [0.25, 0.3) is 11.4 Å². The number of hydrogen-bond donors (Lipinski definition) is 0. The molecule has 0 unspecified atom stereocenters. The molecule has 6 heteroatoms. The lowest BCUT2D eigenvalue weighted by atomic mass is 10.1. The quantitative estimate of drug-likeness (QED) is 0.806. The van der Waals surface area contributed by atoms with Gasteiger partial charge in [0.15, 0.2) is 0 Å². The lowest BCUT2D eigenvalue weighted by Crippen LogP contribution is -2.44. The minimum absolute atomic E-state index is 0.210. The maximum atomic E-state index is 10.7. The first-order valence-electron chi connectivity index (χ1n) is 7.40. The fraction of sp³-hybridized carbons (Fsp3) is 0.438. The van der Waals surface area contributed by atoms with Crippen LogP contribution < -0.4 is 0 Å². The number of ether oxygens (including phenoxy) is 1. The van der Waals surface area contributed by atoms with Gasteiger partial charge in [0.25, 0.3) is 0 Å². The third kappa shape index (κ3) is 3.40. The summed E-state index contributed by atoms with van der Waals surface area (Å²) < 4.78 is 11.0. The molecule has 0 bridgehead atoms. The van der Waals surface area contributed by atoms with Crippen molar-refractivity contribution in [2.75, 3.05) is 13.1 Å². The van der Waals surface area contributed by atoms with E-state index in [1.807, 2.05) is 12.1 Å². The molecule has 1 saturated heterocycles. The van der Waals surface area contributed by atoms with Crippen molar-refractivity contribution in [3.63, 3.8) is 0 Å². The fourth-order valence-corrected chi connectivity index (χ4v) is 2.75. The van der Waals surface area contributed by atoms with Crippen LogP contribution >= 0.6 is 0 Å². The highest BCUT2D eigenvalue weighted by atomic mass is 16.5. The molecule has 116 valence electrons. The highest BCUT2D eigenvalue weighted by molar-refractivity contribution is 5.76. The van der Waals surface area contributed by atoms with Gasteiger partial charge in [-0.2, -0.15) is 4.98 Å². The molecule has 1 aromatic carbocycles. The number of aromatic nitrogens is 2. The van der Waals surface area contributed by atoms with Crippen molar-refractivity contribution in [2.45, 2.75) is 32.6 Å². The average molecular weight is 301 g/mol. The van der Waals surface area contributed by atoms with E-state index in [2.05, 4.69) is 28.9 Å². The van der Waals surface area contributed by atoms with Crippen LogP contribution in [0.2, 0.25) is 0 Å². The van der Waals surface area contributed by atoms with Crippen molar-refractivity contribution >= 4 is 6.29 Å². The zero-order chi connectivity index (χ0) is 15.5. The summed E-state index contributed by atoms with van der Waals surface area (Å²) in [7, 11) is 0. The number of aldehydes is 1. The van der Waals surface area contributed by atoms with Crippen molar-refractivity contribution in [3.8, 4) is 11.4 Å². The summed E-state index contributed by atoms with van der Waals surface area (Å²) in [6.07, 6.45) is 1.23. The molecule has 1 aromatic heterocycles. The predicted octanol–water partition coefficient (Wildman–Crippen LogP) is 2.16. The fourth-order valence-electron chi connectivity index (χ4n) is 2.75. The van der Waals surface area contributed by atoms with E-state index in [1.54, 1.807) is 12.1 Å². The molecule has 0 N–H and O–H groups in total. The summed E-state index contributed by atoms with van der Waals surface area (Å²) in [4.78, 5) is 17.4. The van der Waals surface area contributed by atoms with Gasteiger partial charge in [0.05, 0.1) is 18.8 Å². The standard InChI is InChI=1S/C16H19N3O3/c1-11-7-19(8-12(2)21-11)9-15-17-16(18-22-15)14-5-3-13(10-20)4-6-14/h3-6,10-12H,7-9H2,1-2H3/t11-,12-/m0/s1. The Morgan fingerprint density at radius 2 is 1.91 bits per heavy atom. The molecule has 22 heavy (non-hydrogen) atoms. The third-order valence-corrected chi connectivity index (χ3v) is 3.63. The Balaban J connectivity index is 1.69. The van der Waals surface area contributed by atoms with Crippen molar-refractivity contribution < 1.29 is 14.1 Å². The van der Waals surface area contributed by atoms with Crippen LogP contribution in [0.1, 0.15) is 30.1 Å². The molecule has 0 aliphatic carbocycles. The molecule has 2 atom stereocenters. The summed E-state index contributed by atoms with van der Waals surface area (Å²) in [5.74, 6) is 1.14. The Kier molecular flexibility index (Phi) is 4.31. The minimum atomic E-state index is 0.210. The zero-order valence-electron chi connectivity index (χ0n) is 12.7. The largest absolute Gasteiger partial charge is 0.373 e. The molecule has 2 heterocycles. The van der Waals surface area contributed by atoms with Crippen molar-refractivity contribution in [1.29, 1.82) is 0 Å². The van der Waals surface area contributed by atoms with E-state index in [4.69, 9.17) is 9.26 Å². The van der Waals surface area contributed by atoms with E-state index >= 15 is 0 Å². The van der Waals surface area contributed by atoms with E-state index in [9.17, 15) is 4.79 Å². The number of nitrogens with zero attached hydrogens (tertiary/aromatic N) is 3. The van der Waals surface area contributed by atoms with Crippen molar-refractivity contribution in [2.24, 2.45) is 0 Å². The zero-order valence-corrected chi connectivity index (χ0v) is 12.7. The second-order valence-electron chi connectivity index (χ2n) is 5.70. The van der Waals surface area contributed by atoms with E-state index in [0.717, 1.165) is 24.9 Å². The summed E-state index contributed by atoms with van der Waals surface area (Å²) in [5.41, 5.74) is 1.47. The van der Waals surface area contributed by atoms with E-state index in [-0.39, 0.29) is 12.2 Å². The maximum absolute atomic E-state index is 10.7. The van der Waals surface area contributed by atoms with Gasteiger partial charge in [-0.1, -0.05) is 29.4 Å². The summed E-state index contributed by atoms with van der Waals surface area (Å²) in [6.45, 7) is 6.47. The van der Waals surface area contributed by atoms with Crippen molar-refractivity contribution in [3.05, 3.63) is 35.7 Å². The van der Waals surface area contributed by atoms with Crippen LogP contribution in [0, 0.1) is 0 Å². The molecular weight excluding hydrogens is 282 g/mol. The molecule has 0 saturated carbocycles. The molecule has 2 aromatic rings. The normalized spacial score (nSPS) is 22.6. The van der Waals surface area contributed by atoms with Crippen LogP contribution in [0.15, 0.2) is 28.8 Å². The molecule has 3 rings (SSSR count). The van der Waals surface area contributed by atoms with Crippen LogP contribution in [0.5, 0.6) is 0 Å². The second-order valence-corrected chi connectivity index (χ2v) is 5.70. The number of carbonyl (C=O) groups is 1. The number of morpholine rings is 1. The summed E-state index contributed by atoms with van der Waals surface area (Å²) in [6, 6.07) is 7.11. The first-order chi connectivity index (χ1) is 10.6. The Labute approximate surface area is 129 Å². The predicted molar refractivity (Wildman–Crippen MR) is 80.4 cm³/mol. The van der Waals surface area contributed by atoms with Gasteiger partial charge in [-0.15, -0.1) is 0 Å². The Morgan fingerprint density at radius 1 is 1.23 bits per heavy atom. The molecular formula is C16H19N3O3. The van der Waals surface area contributed by atoms with Gasteiger partial charge in [-0.05, 0) is 13.8 Å². The molecule has 1 fully saturated rings. The number of benzene rings is 1. The van der Waals surface area contributed by atoms with Gasteiger partial charge in [0, 0.05) is 24.2 Å². The van der Waals surface area contributed by atoms with E-state index < -0.39 is 0 Å².